The van der Waals surface area contributed by atoms with Gasteiger partial charge in [0.1, 0.15) is 0 Å². The molecule has 0 unspecified atom stereocenters. The first-order valence-electron chi connectivity index (χ1n) is 6.07. The molecule has 4 nitrogen and oxygen atoms in total. The number of para-hydroxylation sites is 4. The van der Waals surface area contributed by atoms with Crippen LogP contribution in [0.2, 0.25) is 0 Å². The minimum Gasteiger partial charge on any atom is -0.366 e. The van der Waals surface area contributed by atoms with Crippen LogP contribution in [0.15, 0.2) is 48.5 Å². The van der Waals surface area contributed by atoms with E-state index in [-0.39, 0.29) is 0 Å². The van der Waals surface area contributed by atoms with Crippen LogP contribution in [0, 0.1) is 0 Å². The van der Waals surface area contributed by atoms with Crippen molar-refractivity contribution in [1.82, 2.24) is 0 Å². The maximum absolute atomic E-state index is 3.19. The number of benzene rings is 2. The highest BCUT2D eigenvalue weighted by atomic mass is 15.1. The lowest BCUT2D eigenvalue weighted by Crippen LogP contribution is -1.98. The highest BCUT2D eigenvalue weighted by Crippen LogP contribution is 2.24. The Bertz CT molecular complexity index is 443. The number of anilines is 4. The van der Waals surface area contributed by atoms with Gasteiger partial charge < -0.3 is 21.3 Å². The van der Waals surface area contributed by atoms with Gasteiger partial charge in [0.2, 0.25) is 0 Å². The van der Waals surface area contributed by atoms with Crippen LogP contribution in [0.4, 0.5) is 22.7 Å². The Labute approximate surface area is 106 Å². The normalized spacial score (nSPS) is 13.8. The number of hydrogen-bond acceptors (Lipinski definition) is 4. The summed E-state index contributed by atoms with van der Waals surface area (Å²) in [6, 6.07) is 16.4. The molecule has 4 rings (SSSR count). The monoisotopic (exact) mass is 240 g/mol. The summed E-state index contributed by atoms with van der Waals surface area (Å²) in [5.41, 5.74) is 4.82. The third-order valence-corrected chi connectivity index (χ3v) is 2.97. The SMILES string of the molecule is c1ccc2c(c1)NCN2.c1ccc2c(c1)NCN2. The van der Waals surface area contributed by atoms with Crippen molar-refractivity contribution < 1.29 is 0 Å². The van der Waals surface area contributed by atoms with Crippen molar-refractivity contribution in [2.45, 2.75) is 0 Å². The molecule has 2 heterocycles. The lowest BCUT2D eigenvalue weighted by Gasteiger charge is -1.93. The number of rotatable bonds is 0. The van der Waals surface area contributed by atoms with E-state index in [1.807, 2.05) is 24.3 Å². The minimum absolute atomic E-state index is 0.860. The average molecular weight is 240 g/mol. The van der Waals surface area contributed by atoms with Crippen molar-refractivity contribution in [3.8, 4) is 0 Å². The Morgan fingerprint density at radius 1 is 0.500 bits per heavy atom. The zero-order valence-electron chi connectivity index (χ0n) is 10.0. The molecule has 0 aliphatic carbocycles. The molecular weight excluding hydrogens is 224 g/mol. The Hall–Kier alpha value is -2.36. The summed E-state index contributed by atoms with van der Waals surface area (Å²) in [4.78, 5) is 0. The summed E-state index contributed by atoms with van der Waals surface area (Å²) in [5, 5.41) is 12.8. The molecule has 2 aromatic carbocycles. The van der Waals surface area contributed by atoms with E-state index in [2.05, 4.69) is 45.5 Å². The Kier molecular flexibility index (Phi) is 2.92. The number of nitrogens with one attached hydrogen (secondary N) is 4. The molecule has 4 heteroatoms. The van der Waals surface area contributed by atoms with Gasteiger partial charge in [0.05, 0.1) is 36.1 Å². The zero-order chi connectivity index (χ0) is 12.2. The van der Waals surface area contributed by atoms with Gasteiger partial charge in [0.25, 0.3) is 0 Å². The second kappa shape index (κ2) is 4.87. The Morgan fingerprint density at radius 3 is 1.06 bits per heavy atom. The van der Waals surface area contributed by atoms with E-state index in [1.54, 1.807) is 0 Å². The predicted octanol–water partition coefficient (Wildman–Crippen LogP) is 2.96. The predicted molar refractivity (Wildman–Crippen MR) is 77.1 cm³/mol. The lowest BCUT2D eigenvalue weighted by molar-refractivity contribution is 1.31. The molecule has 2 aliphatic heterocycles. The third kappa shape index (κ3) is 2.18. The van der Waals surface area contributed by atoms with Gasteiger partial charge >= 0.3 is 0 Å². The third-order valence-electron chi connectivity index (χ3n) is 2.97. The Balaban J connectivity index is 0.000000111. The second-order valence-electron chi connectivity index (χ2n) is 4.15. The van der Waals surface area contributed by atoms with Crippen molar-refractivity contribution in [1.29, 1.82) is 0 Å². The highest BCUT2D eigenvalue weighted by Gasteiger charge is 2.05. The zero-order valence-corrected chi connectivity index (χ0v) is 10.0. The van der Waals surface area contributed by atoms with Crippen molar-refractivity contribution >= 4 is 22.7 Å². The first-order chi connectivity index (χ1) is 8.93. The smallest absolute Gasteiger partial charge is 0.0850 e. The molecule has 0 saturated carbocycles. The average Bonchev–Trinajstić information content (AvgIpc) is 3.08. The van der Waals surface area contributed by atoms with E-state index < -0.39 is 0 Å². The van der Waals surface area contributed by atoms with Crippen molar-refractivity contribution in [3.05, 3.63) is 48.5 Å². The topological polar surface area (TPSA) is 48.1 Å². The maximum atomic E-state index is 3.19. The fraction of sp³-hybridized carbons (Fsp3) is 0.143. The van der Waals surface area contributed by atoms with E-state index in [0.717, 1.165) is 13.3 Å². The first kappa shape index (κ1) is 10.8. The molecule has 0 saturated heterocycles. The van der Waals surface area contributed by atoms with Crippen LogP contribution in [0.3, 0.4) is 0 Å². The van der Waals surface area contributed by atoms with Gasteiger partial charge in [-0.25, -0.2) is 0 Å². The molecule has 18 heavy (non-hydrogen) atoms. The van der Waals surface area contributed by atoms with Crippen LogP contribution in [-0.4, -0.2) is 13.3 Å². The lowest BCUT2D eigenvalue weighted by atomic mass is 10.3. The van der Waals surface area contributed by atoms with E-state index in [4.69, 9.17) is 0 Å². The molecule has 0 bridgehead atoms. The van der Waals surface area contributed by atoms with E-state index in [9.17, 15) is 0 Å². The van der Waals surface area contributed by atoms with Crippen LogP contribution in [-0.2, 0) is 0 Å². The van der Waals surface area contributed by atoms with Gasteiger partial charge in [-0.15, -0.1) is 0 Å². The van der Waals surface area contributed by atoms with E-state index in [1.165, 1.54) is 22.7 Å². The molecule has 0 fully saturated rings. The molecule has 0 aromatic heterocycles. The minimum atomic E-state index is 0.860. The van der Waals surface area contributed by atoms with E-state index >= 15 is 0 Å². The van der Waals surface area contributed by atoms with Crippen molar-refractivity contribution in [3.63, 3.8) is 0 Å². The second-order valence-corrected chi connectivity index (χ2v) is 4.15. The molecule has 0 radical (unpaired) electrons. The summed E-state index contributed by atoms with van der Waals surface area (Å²) in [6.07, 6.45) is 0. The van der Waals surface area contributed by atoms with Crippen LogP contribution in [0.1, 0.15) is 0 Å². The summed E-state index contributed by atoms with van der Waals surface area (Å²) < 4.78 is 0. The molecule has 0 atom stereocenters. The molecule has 0 amide bonds. The Morgan fingerprint density at radius 2 is 0.778 bits per heavy atom. The van der Waals surface area contributed by atoms with Gasteiger partial charge in [0, 0.05) is 0 Å². The van der Waals surface area contributed by atoms with E-state index in [0.29, 0.717) is 0 Å². The molecule has 0 spiro atoms. The molecule has 92 valence electrons. The fourth-order valence-electron chi connectivity index (χ4n) is 2.05. The van der Waals surface area contributed by atoms with Crippen LogP contribution in [0.25, 0.3) is 0 Å². The first-order valence-corrected chi connectivity index (χ1v) is 6.07. The highest BCUT2D eigenvalue weighted by molar-refractivity contribution is 5.73. The van der Waals surface area contributed by atoms with Crippen LogP contribution in [0.5, 0.6) is 0 Å². The van der Waals surface area contributed by atoms with Gasteiger partial charge in [-0.2, -0.15) is 0 Å². The summed E-state index contributed by atoms with van der Waals surface area (Å²) in [5.74, 6) is 0. The number of fused-ring (bicyclic) bond motifs is 2. The number of hydrogen-bond donors (Lipinski definition) is 4. The standard InChI is InChI=1S/2C7H8N2/c2*1-2-4-7-6(3-1)8-5-9-7/h2*1-4,8-9H,5H2. The molecule has 2 aromatic rings. The van der Waals surface area contributed by atoms with Gasteiger partial charge in [-0.05, 0) is 24.3 Å². The molecule has 4 N–H and O–H groups in total. The molecular formula is C14H16N4. The summed E-state index contributed by atoms with van der Waals surface area (Å²) >= 11 is 0. The van der Waals surface area contributed by atoms with Crippen LogP contribution < -0.4 is 21.3 Å². The van der Waals surface area contributed by atoms with Crippen molar-refractivity contribution in [2.24, 2.45) is 0 Å². The largest absolute Gasteiger partial charge is 0.366 e. The summed E-state index contributed by atoms with van der Waals surface area (Å²) in [7, 11) is 0. The van der Waals surface area contributed by atoms with Crippen LogP contribution >= 0.6 is 0 Å². The fourth-order valence-corrected chi connectivity index (χ4v) is 2.05. The summed E-state index contributed by atoms with van der Waals surface area (Å²) in [6.45, 7) is 1.72. The molecule has 2 aliphatic rings. The van der Waals surface area contributed by atoms with Gasteiger partial charge in [-0.1, -0.05) is 24.3 Å². The van der Waals surface area contributed by atoms with Gasteiger partial charge in [-0.3, -0.25) is 0 Å². The van der Waals surface area contributed by atoms with Crippen molar-refractivity contribution in [2.75, 3.05) is 34.6 Å². The van der Waals surface area contributed by atoms with Gasteiger partial charge in [0.15, 0.2) is 0 Å². The quantitative estimate of drug-likeness (QED) is 0.572. The maximum Gasteiger partial charge on any atom is 0.0850 e.